The predicted octanol–water partition coefficient (Wildman–Crippen LogP) is -1.23. The summed E-state index contributed by atoms with van der Waals surface area (Å²) in [5, 5.41) is 4.47. The molecule has 1 heterocycles. The Labute approximate surface area is 73.1 Å². The molecule has 1 saturated heterocycles. The summed E-state index contributed by atoms with van der Waals surface area (Å²) in [7, 11) is 0. The molecular formula is C6H15N3. The zero-order valence-electron chi connectivity index (χ0n) is 16.5. The van der Waals surface area contributed by atoms with E-state index in [1.807, 2.05) is 0 Å². The van der Waals surface area contributed by atoms with Crippen LogP contribution in [0.3, 0.4) is 0 Å². The van der Waals surface area contributed by atoms with Crippen LogP contribution >= 0.6 is 0 Å². The van der Waals surface area contributed by atoms with Crippen molar-refractivity contribution in [2.24, 2.45) is 0 Å². The summed E-state index contributed by atoms with van der Waals surface area (Å²) in [5.41, 5.74) is 0. The van der Waals surface area contributed by atoms with Crippen LogP contribution in [0.2, 0.25) is 0 Å². The van der Waals surface area contributed by atoms with Gasteiger partial charge in [-0.2, -0.15) is 0 Å². The SMILES string of the molecule is [2H]C1([2H])NC([2H])([2H])C([2H])([2H])NC([2H])([2H])C([2H])([2H])NC1([2H])[2H]. The number of hydrogen-bond donors (Lipinski definition) is 3. The van der Waals surface area contributed by atoms with Crippen molar-refractivity contribution in [3.8, 4) is 0 Å². The van der Waals surface area contributed by atoms with E-state index in [4.69, 9.17) is 16.4 Å². The summed E-state index contributed by atoms with van der Waals surface area (Å²) in [4.78, 5) is 0. The van der Waals surface area contributed by atoms with E-state index in [2.05, 4.69) is 0 Å². The van der Waals surface area contributed by atoms with Gasteiger partial charge in [-0.15, -0.1) is 0 Å². The van der Waals surface area contributed by atoms with Crippen molar-refractivity contribution in [2.75, 3.05) is 39.0 Å². The van der Waals surface area contributed by atoms with Gasteiger partial charge >= 0.3 is 0 Å². The highest BCUT2D eigenvalue weighted by atomic mass is 15.0. The van der Waals surface area contributed by atoms with Crippen LogP contribution in [-0.4, -0.2) is 39.0 Å². The number of rotatable bonds is 0. The second-order valence-corrected chi connectivity index (χ2v) is 1.12. The van der Waals surface area contributed by atoms with Crippen molar-refractivity contribution >= 4 is 0 Å². The molecule has 0 aromatic heterocycles. The van der Waals surface area contributed by atoms with Gasteiger partial charge in [0.25, 0.3) is 0 Å². The van der Waals surface area contributed by atoms with Crippen LogP contribution in [-0.2, 0) is 0 Å². The highest BCUT2D eigenvalue weighted by Crippen LogP contribution is 1.65. The Bertz CT molecular complexity index is 319. The van der Waals surface area contributed by atoms with Crippen molar-refractivity contribution < 1.29 is 16.4 Å². The first-order valence-corrected chi connectivity index (χ1v) is 2.25. The van der Waals surface area contributed by atoms with Crippen molar-refractivity contribution in [3.63, 3.8) is 0 Å². The molecule has 0 bridgehead atoms. The molecule has 3 nitrogen and oxygen atoms in total. The zero-order valence-corrected chi connectivity index (χ0v) is 4.50. The van der Waals surface area contributed by atoms with Crippen molar-refractivity contribution in [3.05, 3.63) is 0 Å². The Balaban J connectivity index is 3.50. The van der Waals surface area contributed by atoms with E-state index in [-0.39, 0.29) is 0 Å². The monoisotopic (exact) mass is 141 g/mol. The lowest BCUT2D eigenvalue weighted by atomic mass is 10.6. The molecule has 0 aromatic carbocycles. The summed E-state index contributed by atoms with van der Waals surface area (Å²) >= 11 is 0. The average Bonchev–Trinajstić information content (AvgIpc) is 2.09. The fourth-order valence-corrected chi connectivity index (χ4v) is 0.281. The van der Waals surface area contributed by atoms with Crippen LogP contribution in [0.1, 0.15) is 16.4 Å². The maximum absolute atomic E-state index is 7.50. The molecule has 1 aliphatic heterocycles. The average molecular weight is 141 g/mol. The molecule has 54 valence electrons. The van der Waals surface area contributed by atoms with Gasteiger partial charge in [-0.1, -0.05) is 0 Å². The molecule has 1 aliphatic rings. The minimum absolute atomic E-state index is 1.49. The zero-order chi connectivity index (χ0) is 17.1. The highest BCUT2D eigenvalue weighted by Gasteiger charge is 1.91. The van der Waals surface area contributed by atoms with E-state index in [1.165, 1.54) is 16.0 Å². The van der Waals surface area contributed by atoms with Gasteiger partial charge in [0, 0.05) is 55.4 Å². The molecule has 3 N–H and O–H groups in total. The maximum atomic E-state index is 7.50. The lowest BCUT2D eigenvalue weighted by Gasteiger charge is -1.99. The molecule has 0 radical (unpaired) electrons. The molecule has 0 atom stereocenters. The Morgan fingerprint density at radius 1 is 0.667 bits per heavy atom. The molecule has 3 heteroatoms. The van der Waals surface area contributed by atoms with Crippen molar-refractivity contribution in [1.29, 1.82) is 0 Å². The van der Waals surface area contributed by atoms with Crippen LogP contribution in [0.15, 0.2) is 0 Å². The third-order valence-electron chi connectivity index (χ3n) is 0.562. The number of nitrogens with one attached hydrogen (secondary N) is 3. The smallest absolute Gasteiger partial charge is 0.0441 e. The van der Waals surface area contributed by atoms with Gasteiger partial charge in [0.05, 0.1) is 0 Å². The molecule has 0 amide bonds. The summed E-state index contributed by atoms with van der Waals surface area (Å²) in [6.07, 6.45) is 0. The van der Waals surface area contributed by atoms with Crippen molar-refractivity contribution in [1.82, 2.24) is 16.0 Å². The minimum Gasteiger partial charge on any atom is -0.314 e. The largest absolute Gasteiger partial charge is 0.314 e. The van der Waals surface area contributed by atoms with E-state index in [1.54, 1.807) is 0 Å². The Morgan fingerprint density at radius 2 is 0.889 bits per heavy atom. The molecule has 0 unspecified atom stereocenters. The first kappa shape index (κ1) is 1.26. The molecule has 0 aromatic rings. The summed E-state index contributed by atoms with van der Waals surface area (Å²) in [6, 6.07) is 0. The van der Waals surface area contributed by atoms with Gasteiger partial charge in [-0.3, -0.25) is 0 Å². The van der Waals surface area contributed by atoms with E-state index >= 15 is 0 Å². The maximum Gasteiger partial charge on any atom is 0.0441 e. The second kappa shape index (κ2) is 4.73. The van der Waals surface area contributed by atoms with Gasteiger partial charge in [0.15, 0.2) is 0 Å². The lowest BCUT2D eigenvalue weighted by Crippen LogP contribution is -2.27. The van der Waals surface area contributed by atoms with E-state index in [0.717, 1.165) is 0 Å². The Morgan fingerprint density at radius 3 is 1.11 bits per heavy atom. The van der Waals surface area contributed by atoms with Gasteiger partial charge in [-0.25, -0.2) is 0 Å². The van der Waals surface area contributed by atoms with Crippen LogP contribution in [0.5, 0.6) is 0 Å². The third-order valence-corrected chi connectivity index (χ3v) is 0.562. The van der Waals surface area contributed by atoms with Crippen LogP contribution in [0.4, 0.5) is 0 Å². The van der Waals surface area contributed by atoms with Gasteiger partial charge in [0.1, 0.15) is 0 Å². The molecule has 1 fully saturated rings. The standard InChI is InChI=1S/C6H15N3/c1-2-8-5-6-9-4-3-7-1/h7-9H,1-6H2/i1D2,2D2,3D2,4D2,5D2,6D2. The summed E-state index contributed by atoms with van der Waals surface area (Å²) in [6.45, 7) is -19.4. The van der Waals surface area contributed by atoms with E-state index in [9.17, 15) is 0 Å². The minimum atomic E-state index is -3.24. The third kappa shape index (κ3) is 3.46. The first-order chi connectivity index (χ1) is 8.87. The Hall–Kier alpha value is -0.120. The quantitative estimate of drug-likeness (QED) is 0.395. The fraction of sp³-hybridized carbons (Fsp3) is 1.00. The van der Waals surface area contributed by atoms with Crippen LogP contribution in [0, 0.1) is 0 Å². The molecule has 0 aliphatic carbocycles. The Kier molecular flexibility index (Phi) is 0.665. The van der Waals surface area contributed by atoms with E-state index < -0.39 is 39.0 Å². The number of hydrogen-bond acceptors (Lipinski definition) is 3. The summed E-state index contributed by atoms with van der Waals surface area (Å²) in [5.74, 6) is 0. The normalized spacial score (nSPS) is 77.3. The van der Waals surface area contributed by atoms with Gasteiger partial charge in [-0.05, 0) is 0 Å². The predicted molar refractivity (Wildman–Crippen MR) is 38.6 cm³/mol. The van der Waals surface area contributed by atoms with Crippen molar-refractivity contribution in [2.45, 2.75) is 0 Å². The van der Waals surface area contributed by atoms with Crippen LogP contribution in [0.25, 0.3) is 0 Å². The first-order valence-electron chi connectivity index (χ1n) is 8.25. The highest BCUT2D eigenvalue weighted by molar-refractivity contribution is 4.59. The molecule has 0 spiro atoms. The van der Waals surface area contributed by atoms with Gasteiger partial charge < -0.3 is 16.0 Å². The second-order valence-electron chi connectivity index (χ2n) is 1.12. The molecule has 9 heavy (non-hydrogen) atoms. The van der Waals surface area contributed by atoms with Crippen LogP contribution < -0.4 is 16.0 Å². The molecule has 0 saturated carbocycles. The molecule has 1 rings (SSSR count). The van der Waals surface area contributed by atoms with Gasteiger partial charge in [0.2, 0.25) is 0 Å². The summed E-state index contributed by atoms with van der Waals surface area (Å²) < 4.78 is 90.0. The topological polar surface area (TPSA) is 36.1 Å². The fourth-order valence-electron chi connectivity index (χ4n) is 0.281. The molecular weight excluding hydrogens is 114 g/mol. The van der Waals surface area contributed by atoms with E-state index in [0.29, 0.717) is 0 Å². The lowest BCUT2D eigenvalue weighted by molar-refractivity contribution is 0.652.